The summed E-state index contributed by atoms with van der Waals surface area (Å²) in [7, 11) is -2.36. The van der Waals surface area contributed by atoms with E-state index in [4.69, 9.17) is 4.74 Å². The maximum atomic E-state index is 13.2. The lowest BCUT2D eigenvalue weighted by atomic mass is 10.1. The molecule has 7 nitrogen and oxygen atoms in total. The molecule has 0 aliphatic heterocycles. The zero-order chi connectivity index (χ0) is 23.6. The van der Waals surface area contributed by atoms with Gasteiger partial charge in [-0.1, -0.05) is 48.4 Å². The molecule has 1 aliphatic rings. The van der Waals surface area contributed by atoms with E-state index in [0.717, 1.165) is 41.8 Å². The number of rotatable bonds is 7. The number of anilines is 2. The molecule has 174 valence electrons. The summed E-state index contributed by atoms with van der Waals surface area (Å²) in [4.78, 5) is 18.0. The van der Waals surface area contributed by atoms with Crippen LogP contribution in [0.3, 0.4) is 0 Å². The molecule has 0 saturated heterocycles. The molecule has 0 spiro atoms. The molecule has 1 amide bonds. The van der Waals surface area contributed by atoms with Gasteiger partial charge in [0.25, 0.3) is 10.0 Å². The monoisotopic (exact) mass is 485 g/mol. The van der Waals surface area contributed by atoms with Crippen LogP contribution in [0.2, 0.25) is 0 Å². The minimum atomic E-state index is -3.86. The van der Waals surface area contributed by atoms with Gasteiger partial charge in [0.1, 0.15) is 5.75 Å². The molecule has 1 fully saturated rings. The van der Waals surface area contributed by atoms with Crippen molar-refractivity contribution in [1.29, 1.82) is 0 Å². The lowest BCUT2D eigenvalue weighted by molar-refractivity contribution is -0.119. The Morgan fingerprint density at radius 2 is 1.85 bits per heavy atom. The van der Waals surface area contributed by atoms with Crippen LogP contribution in [0.25, 0.3) is 10.4 Å². The average Bonchev–Trinajstić information content (AvgIpc) is 3.44. The van der Waals surface area contributed by atoms with Crippen LogP contribution in [-0.4, -0.2) is 26.4 Å². The third-order valence-corrected chi connectivity index (χ3v) is 8.47. The Bertz CT molecular complexity index is 1280. The smallest absolute Gasteiger partial charge is 0.262 e. The first-order valence-corrected chi connectivity index (χ1v) is 13.1. The van der Waals surface area contributed by atoms with Crippen LogP contribution in [0, 0.1) is 19.8 Å². The van der Waals surface area contributed by atoms with Crippen LogP contribution in [0.15, 0.2) is 47.4 Å². The first-order valence-electron chi connectivity index (χ1n) is 10.8. The Balaban J connectivity index is 1.62. The number of para-hydroxylation sites is 2. The fraction of sp³-hybridized carbons (Fsp3) is 0.333. The van der Waals surface area contributed by atoms with Crippen molar-refractivity contribution < 1.29 is 17.9 Å². The standard InChI is InChI=1S/C24H27N3O4S2/c1-15-12-13-18(14-21(15)33(29,30)27-19-10-6-7-11-20(19)31-3)22-16(2)25-24(32-22)26-23(28)17-8-4-5-9-17/h6-7,10-14,17,27H,4-5,8-9H2,1-3H3,(H,25,26,28). The number of methoxy groups -OCH3 is 1. The van der Waals surface area contributed by atoms with Gasteiger partial charge >= 0.3 is 0 Å². The highest BCUT2D eigenvalue weighted by atomic mass is 32.2. The van der Waals surface area contributed by atoms with E-state index in [1.165, 1.54) is 18.4 Å². The van der Waals surface area contributed by atoms with E-state index in [-0.39, 0.29) is 16.7 Å². The van der Waals surface area contributed by atoms with Gasteiger partial charge in [-0.05, 0) is 56.0 Å². The van der Waals surface area contributed by atoms with Crippen molar-refractivity contribution in [3.63, 3.8) is 0 Å². The summed E-state index contributed by atoms with van der Waals surface area (Å²) in [6.07, 6.45) is 4.01. The highest BCUT2D eigenvalue weighted by Gasteiger charge is 2.24. The van der Waals surface area contributed by atoms with Gasteiger partial charge < -0.3 is 10.1 Å². The summed E-state index contributed by atoms with van der Waals surface area (Å²) < 4.78 is 34.3. The summed E-state index contributed by atoms with van der Waals surface area (Å²) in [6.45, 7) is 3.62. The number of nitrogens with zero attached hydrogens (tertiary/aromatic N) is 1. The number of aromatic nitrogens is 1. The van der Waals surface area contributed by atoms with Crippen molar-refractivity contribution in [2.24, 2.45) is 5.92 Å². The zero-order valence-electron chi connectivity index (χ0n) is 18.8. The summed E-state index contributed by atoms with van der Waals surface area (Å²) in [6, 6.07) is 12.2. The third-order valence-electron chi connectivity index (χ3n) is 5.84. The number of hydrogen-bond acceptors (Lipinski definition) is 6. The van der Waals surface area contributed by atoms with E-state index in [0.29, 0.717) is 22.1 Å². The molecule has 1 saturated carbocycles. The van der Waals surface area contributed by atoms with Crippen LogP contribution in [-0.2, 0) is 14.8 Å². The summed E-state index contributed by atoms with van der Waals surface area (Å²) in [5, 5.41) is 3.48. The molecule has 0 unspecified atom stereocenters. The van der Waals surface area contributed by atoms with E-state index in [1.807, 2.05) is 13.0 Å². The quantitative estimate of drug-likeness (QED) is 0.469. The van der Waals surface area contributed by atoms with Gasteiger partial charge in [0, 0.05) is 5.92 Å². The van der Waals surface area contributed by atoms with Crippen molar-refractivity contribution in [2.75, 3.05) is 17.1 Å². The van der Waals surface area contributed by atoms with Crippen molar-refractivity contribution in [3.05, 3.63) is 53.7 Å². The largest absolute Gasteiger partial charge is 0.495 e. The van der Waals surface area contributed by atoms with Gasteiger partial charge in [0.05, 0.1) is 28.3 Å². The Morgan fingerprint density at radius 3 is 2.58 bits per heavy atom. The Kier molecular flexibility index (Phi) is 6.71. The molecule has 2 N–H and O–H groups in total. The number of carbonyl (C=O) groups is 1. The number of sulfonamides is 1. The van der Waals surface area contributed by atoms with Crippen molar-refractivity contribution in [3.8, 4) is 16.2 Å². The van der Waals surface area contributed by atoms with Crippen LogP contribution in [0.1, 0.15) is 36.9 Å². The van der Waals surface area contributed by atoms with E-state index in [1.54, 1.807) is 43.3 Å². The van der Waals surface area contributed by atoms with Gasteiger partial charge in [-0.15, -0.1) is 0 Å². The van der Waals surface area contributed by atoms with Crippen LogP contribution in [0.4, 0.5) is 10.8 Å². The topological polar surface area (TPSA) is 97.4 Å². The Labute approximate surface area is 198 Å². The number of aryl methyl sites for hydroxylation is 2. The molecule has 4 rings (SSSR count). The second kappa shape index (κ2) is 9.52. The molecule has 1 aliphatic carbocycles. The normalized spacial score (nSPS) is 14.3. The first kappa shape index (κ1) is 23.3. The zero-order valence-corrected chi connectivity index (χ0v) is 20.5. The lowest BCUT2D eigenvalue weighted by Crippen LogP contribution is -2.20. The van der Waals surface area contributed by atoms with Crippen LogP contribution < -0.4 is 14.8 Å². The Hall–Kier alpha value is -2.91. The van der Waals surface area contributed by atoms with E-state index in [9.17, 15) is 13.2 Å². The number of amides is 1. The molecule has 9 heteroatoms. The number of carbonyl (C=O) groups excluding carboxylic acids is 1. The van der Waals surface area contributed by atoms with Gasteiger partial charge in [-0.2, -0.15) is 0 Å². The second-order valence-electron chi connectivity index (χ2n) is 8.19. The molecule has 1 aromatic heterocycles. The fourth-order valence-electron chi connectivity index (χ4n) is 4.07. The van der Waals surface area contributed by atoms with Gasteiger partial charge in [-0.25, -0.2) is 13.4 Å². The number of nitrogens with one attached hydrogen (secondary N) is 2. The highest BCUT2D eigenvalue weighted by molar-refractivity contribution is 7.92. The molecule has 33 heavy (non-hydrogen) atoms. The lowest BCUT2D eigenvalue weighted by Gasteiger charge is -2.14. The molecule has 2 aromatic carbocycles. The molecule has 3 aromatic rings. The molecule has 0 atom stereocenters. The Morgan fingerprint density at radius 1 is 1.12 bits per heavy atom. The van der Waals surface area contributed by atoms with E-state index < -0.39 is 10.0 Å². The second-order valence-corrected chi connectivity index (χ2v) is 10.8. The number of ether oxygens (including phenoxy) is 1. The number of thiazole rings is 1. The molecule has 0 bridgehead atoms. The molecule has 0 radical (unpaired) electrons. The molecular weight excluding hydrogens is 458 g/mol. The van der Waals surface area contributed by atoms with Crippen LogP contribution in [0.5, 0.6) is 5.75 Å². The van der Waals surface area contributed by atoms with Gasteiger partial charge in [-0.3, -0.25) is 9.52 Å². The van der Waals surface area contributed by atoms with Crippen molar-refractivity contribution in [2.45, 2.75) is 44.4 Å². The van der Waals surface area contributed by atoms with Gasteiger partial charge in [0.2, 0.25) is 5.91 Å². The minimum absolute atomic E-state index is 0.0148. The average molecular weight is 486 g/mol. The minimum Gasteiger partial charge on any atom is -0.495 e. The number of benzene rings is 2. The molecular formula is C24H27N3O4S2. The first-order chi connectivity index (χ1) is 15.8. The summed E-state index contributed by atoms with van der Waals surface area (Å²) >= 11 is 1.36. The maximum Gasteiger partial charge on any atom is 0.262 e. The van der Waals surface area contributed by atoms with E-state index >= 15 is 0 Å². The van der Waals surface area contributed by atoms with E-state index in [2.05, 4.69) is 15.0 Å². The van der Waals surface area contributed by atoms with Crippen molar-refractivity contribution >= 4 is 38.1 Å². The highest BCUT2D eigenvalue weighted by Crippen LogP contribution is 2.36. The molecule has 1 heterocycles. The summed E-state index contributed by atoms with van der Waals surface area (Å²) in [5.74, 6) is 0.506. The third kappa shape index (κ3) is 5.04. The predicted octanol–water partition coefficient (Wildman–Crippen LogP) is 5.37. The number of hydrogen-bond donors (Lipinski definition) is 2. The maximum absolute atomic E-state index is 13.2. The van der Waals surface area contributed by atoms with Crippen LogP contribution >= 0.6 is 11.3 Å². The summed E-state index contributed by atoms with van der Waals surface area (Å²) in [5.41, 5.74) is 2.47. The SMILES string of the molecule is COc1ccccc1NS(=O)(=O)c1cc(-c2sc(NC(=O)C3CCCC3)nc2C)ccc1C. The van der Waals surface area contributed by atoms with Crippen molar-refractivity contribution in [1.82, 2.24) is 4.98 Å². The predicted molar refractivity (Wildman–Crippen MR) is 131 cm³/mol. The van der Waals surface area contributed by atoms with Gasteiger partial charge in [0.15, 0.2) is 5.13 Å². The fourth-order valence-corrected chi connectivity index (χ4v) is 6.38.